The van der Waals surface area contributed by atoms with Gasteiger partial charge in [-0.25, -0.2) is 9.31 Å². The van der Waals surface area contributed by atoms with Gasteiger partial charge < -0.3 is 25.6 Å². The topological polar surface area (TPSA) is 113 Å². The van der Waals surface area contributed by atoms with Gasteiger partial charge in [-0.15, -0.1) is 5.10 Å². The molecule has 1 fully saturated rings. The third kappa shape index (κ3) is 5.33. The smallest absolute Gasteiger partial charge is 0.409 e. The van der Waals surface area contributed by atoms with Crippen LogP contribution in [0.4, 0.5) is 16.4 Å². The van der Waals surface area contributed by atoms with Crippen LogP contribution in [-0.4, -0.2) is 70.8 Å². The molecule has 2 aromatic heterocycles. The lowest BCUT2D eigenvalue weighted by Crippen LogP contribution is -2.43. The number of fused-ring (bicyclic) bond motifs is 1. The third-order valence-electron chi connectivity index (χ3n) is 6.67. The van der Waals surface area contributed by atoms with Gasteiger partial charge in [-0.3, -0.25) is 4.79 Å². The van der Waals surface area contributed by atoms with Crippen LogP contribution >= 0.6 is 0 Å². The molecule has 0 saturated carbocycles. The number of nitrogens with one attached hydrogen (secondary N) is 3. The van der Waals surface area contributed by atoms with E-state index in [1.54, 1.807) is 21.5 Å². The standard InChI is InChI=1S/C26H31N7O3/c1-36-26(35)32-15-11-18(12-16-32)22-6-4-14-33-23(22)30-25(31-33)29-20-9-7-19(8-10-20)24(34)28-17-21-5-2-3-13-27-21/h4,6-11,14,21,27H,2-3,5,12-13,15-17H2,1H3,(H,28,34)(H,29,31). The summed E-state index contributed by atoms with van der Waals surface area (Å²) in [7, 11) is 1.39. The highest BCUT2D eigenvalue weighted by atomic mass is 16.5. The number of hydrogen-bond acceptors (Lipinski definition) is 7. The van der Waals surface area contributed by atoms with Crippen molar-refractivity contribution in [3.05, 3.63) is 59.8 Å². The maximum Gasteiger partial charge on any atom is 0.409 e. The van der Waals surface area contributed by atoms with Gasteiger partial charge >= 0.3 is 6.09 Å². The van der Waals surface area contributed by atoms with Crippen LogP contribution in [0.5, 0.6) is 0 Å². The Morgan fingerprint density at radius 2 is 2.06 bits per heavy atom. The molecule has 5 rings (SSSR count). The van der Waals surface area contributed by atoms with E-state index < -0.39 is 0 Å². The quantitative estimate of drug-likeness (QED) is 0.487. The van der Waals surface area contributed by atoms with Crippen molar-refractivity contribution in [2.75, 3.05) is 38.6 Å². The normalized spacial score (nSPS) is 18.0. The van der Waals surface area contributed by atoms with Crippen molar-refractivity contribution >= 4 is 34.9 Å². The lowest BCUT2D eigenvalue weighted by molar-refractivity contribution is 0.0947. The number of ether oxygens (including phenoxy) is 1. The lowest BCUT2D eigenvalue weighted by atomic mass is 10.0. The molecule has 1 saturated heterocycles. The second kappa shape index (κ2) is 10.8. The van der Waals surface area contributed by atoms with E-state index in [1.165, 1.54) is 20.0 Å². The number of nitrogens with zero attached hydrogens (tertiary/aromatic N) is 4. The zero-order valence-corrected chi connectivity index (χ0v) is 20.4. The number of anilines is 2. The van der Waals surface area contributed by atoms with Gasteiger partial charge in [-0.05, 0) is 67.8 Å². The lowest BCUT2D eigenvalue weighted by Gasteiger charge is -2.25. The van der Waals surface area contributed by atoms with Gasteiger partial charge in [-0.1, -0.05) is 12.5 Å². The van der Waals surface area contributed by atoms with Crippen molar-refractivity contribution in [2.24, 2.45) is 0 Å². The number of carbonyl (C=O) groups excluding carboxylic acids is 2. The molecule has 10 heteroatoms. The van der Waals surface area contributed by atoms with Crippen molar-refractivity contribution in [3.8, 4) is 0 Å². The first kappa shape index (κ1) is 23.8. The minimum absolute atomic E-state index is 0.0732. The van der Waals surface area contributed by atoms with Crippen molar-refractivity contribution in [1.29, 1.82) is 0 Å². The number of methoxy groups -OCH3 is 1. The van der Waals surface area contributed by atoms with Gasteiger partial charge in [0.15, 0.2) is 5.65 Å². The van der Waals surface area contributed by atoms with Crippen molar-refractivity contribution < 1.29 is 14.3 Å². The van der Waals surface area contributed by atoms with E-state index in [0.717, 1.165) is 35.4 Å². The fraction of sp³-hybridized carbons (Fsp3) is 0.385. The molecule has 1 atom stereocenters. The number of hydrogen-bond donors (Lipinski definition) is 3. The number of carbonyl (C=O) groups is 2. The molecule has 0 spiro atoms. The van der Waals surface area contributed by atoms with E-state index in [0.29, 0.717) is 43.6 Å². The molecular formula is C26H31N7O3. The van der Waals surface area contributed by atoms with Crippen LogP contribution in [-0.2, 0) is 4.74 Å². The SMILES string of the molecule is COC(=O)N1CC=C(c2cccn3nc(Nc4ccc(C(=O)NCC5CCCCN5)cc4)nc23)CC1. The predicted octanol–water partition coefficient (Wildman–Crippen LogP) is 3.20. The van der Waals surface area contributed by atoms with Crippen molar-refractivity contribution in [3.63, 3.8) is 0 Å². The van der Waals surface area contributed by atoms with Crippen LogP contribution in [0.2, 0.25) is 0 Å². The summed E-state index contributed by atoms with van der Waals surface area (Å²) in [6.45, 7) is 2.75. The number of piperidine rings is 1. The van der Waals surface area contributed by atoms with E-state index in [-0.39, 0.29) is 12.0 Å². The highest BCUT2D eigenvalue weighted by molar-refractivity contribution is 5.94. The van der Waals surface area contributed by atoms with E-state index in [4.69, 9.17) is 9.72 Å². The maximum absolute atomic E-state index is 12.5. The molecule has 2 aliphatic heterocycles. The molecule has 3 aromatic rings. The van der Waals surface area contributed by atoms with Crippen LogP contribution in [0.3, 0.4) is 0 Å². The average molecular weight is 490 g/mol. The van der Waals surface area contributed by atoms with E-state index >= 15 is 0 Å². The number of rotatable bonds is 6. The fourth-order valence-corrected chi connectivity index (χ4v) is 4.67. The molecule has 4 heterocycles. The maximum atomic E-state index is 12.5. The Labute approximate surface area is 209 Å². The molecule has 2 aliphatic rings. The Kier molecular flexibility index (Phi) is 7.13. The molecule has 10 nitrogen and oxygen atoms in total. The molecule has 0 radical (unpaired) electrons. The third-order valence-corrected chi connectivity index (χ3v) is 6.67. The molecular weight excluding hydrogens is 458 g/mol. The van der Waals surface area contributed by atoms with E-state index in [2.05, 4.69) is 21.0 Å². The molecule has 1 aromatic carbocycles. The Balaban J connectivity index is 1.24. The molecule has 2 amide bonds. The largest absolute Gasteiger partial charge is 0.453 e. The van der Waals surface area contributed by atoms with Gasteiger partial charge in [0.1, 0.15) is 0 Å². The zero-order valence-electron chi connectivity index (χ0n) is 20.4. The minimum Gasteiger partial charge on any atom is -0.453 e. The summed E-state index contributed by atoms with van der Waals surface area (Å²) in [5.74, 6) is 0.395. The molecule has 1 unspecified atom stereocenters. The number of aromatic nitrogens is 3. The second-order valence-electron chi connectivity index (χ2n) is 9.08. The Morgan fingerprint density at radius 3 is 2.78 bits per heavy atom. The van der Waals surface area contributed by atoms with Crippen LogP contribution in [0, 0.1) is 0 Å². The second-order valence-corrected chi connectivity index (χ2v) is 9.08. The van der Waals surface area contributed by atoms with Crippen LogP contribution in [0.1, 0.15) is 41.6 Å². The molecule has 188 valence electrons. The Morgan fingerprint density at radius 1 is 1.19 bits per heavy atom. The van der Waals surface area contributed by atoms with E-state index in [9.17, 15) is 9.59 Å². The van der Waals surface area contributed by atoms with Crippen molar-refractivity contribution in [2.45, 2.75) is 31.7 Å². The summed E-state index contributed by atoms with van der Waals surface area (Å²) in [5.41, 5.74) is 4.26. The highest BCUT2D eigenvalue weighted by Crippen LogP contribution is 2.26. The Bertz CT molecular complexity index is 1260. The minimum atomic E-state index is -0.317. The summed E-state index contributed by atoms with van der Waals surface area (Å²) >= 11 is 0. The molecule has 0 aliphatic carbocycles. The molecule has 36 heavy (non-hydrogen) atoms. The van der Waals surface area contributed by atoms with Gasteiger partial charge in [0.25, 0.3) is 5.91 Å². The van der Waals surface area contributed by atoms with Crippen LogP contribution in [0.15, 0.2) is 48.7 Å². The van der Waals surface area contributed by atoms with Gasteiger partial charge in [0.2, 0.25) is 5.95 Å². The average Bonchev–Trinajstić information content (AvgIpc) is 3.35. The predicted molar refractivity (Wildman–Crippen MR) is 137 cm³/mol. The number of benzene rings is 1. The summed E-state index contributed by atoms with van der Waals surface area (Å²) in [6, 6.07) is 11.6. The van der Waals surface area contributed by atoms with Gasteiger partial charge in [0, 0.05) is 48.7 Å². The summed E-state index contributed by atoms with van der Waals surface area (Å²) in [4.78, 5) is 30.7. The first-order valence-corrected chi connectivity index (χ1v) is 12.4. The summed E-state index contributed by atoms with van der Waals surface area (Å²) in [5, 5.41) is 14.2. The van der Waals surface area contributed by atoms with Gasteiger partial charge in [-0.2, -0.15) is 4.98 Å². The summed E-state index contributed by atoms with van der Waals surface area (Å²) < 4.78 is 6.56. The first-order valence-electron chi connectivity index (χ1n) is 12.4. The number of amides is 2. The van der Waals surface area contributed by atoms with Crippen molar-refractivity contribution in [1.82, 2.24) is 30.1 Å². The molecule has 3 N–H and O–H groups in total. The monoisotopic (exact) mass is 489 g/mol. The summed E-state index contributed by atoms with van der Waals surface area (Å²) in [6.07, 6.45) is 7.79. The van der Waals surface area contributed by atoms with Crippen LogP contribution in [0.25, 0.3) is 11.2 Å². The highest BCUT2D eigenvalue weighted by Gasteiger charge is 2.20. The Hall–Kier alpha value is -3.92. The molecule has 0 bridgehead atoms. The van der Waals surface area contributed by atoms with E-state index in [1.807, 2.05) is 36.5 Å². The number of pyridine rings is 1. The van der Waals surface area contributed by atoms with Crippen LogP contribution < -0.4 is 16.0 Å². The first-order chi connectivity index (χ1) is 17.6. The van der Waals surface area contributed by atoms with Gasteiger partial charge in [0.05, 0.1) is 7.11 Å². The fourth-order valence-electron chi connectivity index (χ4n) is 4.67. The zero-order chi connectivity index (χ0) is 24.9.